The smallest absolute Gasteiger partial charge is 0.209 e. The molecular formula is C14H11N3O4S. The molecule has 0 atom stereocenters. The van der Waals surface area contributed by atoms with Crippen LogP contribution in [0.25, 0.3) is 11.6 Å². The number of carbonyl (C=O) groups is 1. The minimum Gasteiger partial charge on any atom is -0.508 e. The molecule has 22 heavy (non-hydrogen) atoms. The predicted octanol–water partition coefficient (Wildman–Crippen LogP) is 2.45. The van der Waals surface area contributed by atoms with Gasteiger partial charge in [-0.3, -0.25) is 9.89 Å². The van der Waals surface area contributed by atoms with Gasteiger partial charge in [-0.05, 0) is 24.3 Å². The van der Waals surface area contributed by atoms with Crippen molar-refractivity contribution in [2.75, 3.05) is 5.75 Å². The van der Waals surface area contributed by atoms with Gasteiger partial charge >= 0.3 is 0 Å². The van der Waals surface area contributed by atoms with E-state index in [0.717, 1.165) is 17.8 Å². The number of ketones is 1. The van der Waals surface area contributed by atoms with Gasteiger partial charge in [-0.15, -0.1) is 5.10 Å². The summed E-state index contributed by atoms with van der Waals surface area (Å²) in [7, 11) is 0. The standard InChI is InChI=1S/C14H11N3O4S/c18-8-3-4-9(10(19)6-8)11(20)7-22-14-15-13(16-17-14)12-2-1-5-21-12/h1-6,18-19H,7H2,(H,15,16,17). The second-order valence-electron chi connectivity index (χ2n) is 4.36. The van der Waals surface area contributed by atoms with E-state index in [1.54, 1.807) is 12.1 Å². The third-order valence-corrected chi connectivity index (χ3v) is 3.68. The van der Waals surface area contributed by atoms with Crippen LogP contribution in [0.15, 0.2) is 46.2 Å². The van der Waals surface area contributed by atoms with Crippen molar-refractivity contribution >= 4 is 17.5 Å². The second kappa shape index (κ2) is 5.94. The molecule has 0 aliphatic carbocycles. The van der Waals surface area contributed by atoms with Gasteiger partial charge in [-0.2, -0.15) is 4.98 Å². The van der Waals surface area contributed by atoms with Crippen molar-refractivity contribution in [3.63, 3.8) is 0 Å². The maximum atomic E-state index is 12.0. The van der Waals surface area contributed by atoms with Gasteiger partial charge < -0.3 is 14.6 Å². The lowest BCUT2D eigenvalue weighted by Gasteiger charge is -2.02. The number of carbonyl (C=O) groups excluding carboxylic acids is 1. The first-order chi connectivity index (χ1) is 10.6. The number of nitrogens with one attached hydrogen (secondary N) is 1. The van der Waals surface area contributed by atoms with Gasteiger partial charge in [-0.25, -0.2) is 0 Å². The van der Waals surface area contributed by atoms with E-state index in [1.807, 2.05) is 0 Å². The molecule has 3 aromatic rings. The zero-order valence-electron chi connectivity index (χ0n) is 11.2. The number of hydrogen-bond donors (Lipinski definition) is 3. The Kier molecular flexibility index (Phi) is 3.84. The van der Waals surface area contributed by atoms with Crippen LogP contribution in [0.2, 0.25) is 0 Å². The minimum atomic E-state index is -0.285. The van der Waals surface area contributed by atoms with Crippen molar-refractivity contribution in [1.82, 2.24) is 15.2 Å². The van der Waals surface area contributed by atoms with E-state index in [0.29, 0.717) is 16.7 Å². The summed E-state index contributed by atoms with van der Waals surface area (Å²) in [6.07, 6.45) is 1.53. The Balaban J connectivity index is 1.66. The highest BCUT2D eigenvalue weighted by atomic mass is 32.2. The SMILES string of the molecule is O=C(CSc1n[nH]c(-c2ccco2)n1)c1ccc(O)cc1O. The molecule has 0 spiro atoms. The van der Waals surface area contributed by atoms with Crippen molar-refractivity contribution in [3.05, 3.63) is 42.2 Å². The highest BCUT2D eigenvalue weighted by molar-refractivity contribution is 7.99. The molecular weight excluding hydrogens is 306 g/mol. The van der Waals surface area contributed by atoms with Crippen LogP contribution in [-0.4, -0.2) is 36.9 Å². The lowest BCUT2D eigenvalue weighted by molar-refractivity contribution is 0.102. The molecule has 0 aliphatic heterocycles. The summed E-state index contributed by atoms with van der Waals surface area (Å²) >= 11 is 1.14. The van der Waals surface area contributed by atoms with Gasteiger partial charge in [0.2, 0.25) is 5.16 Å². The first kappa shape index (κ1) is 14.2. The largest absolute Gasteiger partial charge is 0.508 e. The molecule has 0 fully saturated rings. The Morgan fingerprint density at radius 3 is 2.91 bits per heavy atom. The summed E-state index contributed by atoms with van der Waals surface area (Å²) in [5.41, 5.74) is 0.145. The van der Waals surface area contributed by atoms with Crippen LogP contribution in [0, 0.1) is 0 Å². The summed E-state index contributed by atoms with van der Waals surface area (Å²) in [5, 5.41) is 26.0. The quantitative estimate of drug-likeness (QED) is 0.489. The monoisotopic (exact) mass is 317 g/mol. The van der Waals surface area contributed by atoms with Gasteiger partial charge in [0, 0.05) is 6.07 Å². The number of furan rings is 1. The fourth-order valence-electron chi connectivity index (χ4n) is 1.80. The average Bonchev–Trinajstić information content (AvgIpc) is 3.16. The van der Waals surface area contributed by atoms with Crippen molar-refractivity contribution in [3.8, 4) is 23.1 Å². The number of phenolic OH excluding ortho intramolecular Hbond substituents is 2. The molecule has 1 aromatic carbocycles. The fourth-order valence-corrected chi connectivity index (χ4v) is 2.48. The summed E-state index contributed by atoms with van der Waals surface area (Å²) in [6, 6.07) is 7.33. The van der Waals surface area contributed by atoms with Gasteiger partial charge in [0.1, 0.15) is 11.5 Å². The number of aromatic hydroxyl groups is 2. The normalized spacial score (nSPS) is 10.7. The van der Waals surface area contributed by atoms with Gasteiger partial charge in [0.05, 0.1) is 17.6 Å². The van der Waals surface area contributed by atoms with Crippen LogP contribution in [0.5, 0.6) is 11.5 Å². The maximum Gasteiger partial charge on any atom is 0.209 e. The molecule has 0 amide bonds. The molecule has 0 saturated heterocycles. The zero-order valence-corrected chi connectivity index (χ0v) is 12.0. The number of rotatable bonds is 5. The van der Waals surface area contributed by atoms with Gasteiger partial charge in [-0.1, -0.05) is 11.8 Å². The molecule has 0 bridgehead atoms. The molecule has 0 unspecified atom stereocenters. The van der Waals surface area contributed by atoms with E-state index >= 15 is 0 Å². The molecule has 0 saturated carbocycles. The Hall–Kier alpha value is -2.74. The molecule has 3 N–H and O–H groups in total. The summed E-state index contributed by atoms with van der Waals surface area (Å²) in [6.45, 7) is 0. The first-order valence-electron chi connectivity index (χ1n) is 6.28. The molecule has 0 radical (unpaired) electrons. The van der Waals surface area contributed by atoms with Gasteiger partial charge in [0.15, 0.2) is 17.4 Å². The molecule has 7 nitrogen and oxygen atoms in total. The van der Waals surface area contributed by atoms with E-state index in [4.69, 9.17) is 4.42 Å². The number of thioether (sulfide) groups is 1. The highest BCUT2D eigenvalue weighted by Gasteiger charge is 2.14. The summed E-state index contributed by atoms with van der Waals surface area (Å²) in [5.74, 6) is 0.463. The highest BCUT2D eigenvalue weighted by Crippen LogP contribution is 2.25. The number of H-pyrrole nitrogens is 1. The fraction of sp³-hybridized carbons (Fsp3) is 0.0714. The van der Waals surface area contributed by atoms with Crippen LogP contribution in [0.3, 0.4) is 0 Å². The number of aromatic amines is 1. The summed E-state index contributed by atoms with van der Waals surface area (Å²) < 4.78 is 5.19. The molecule has 3 rings (SSSR count). The van der Waals surface area contributed by atoms with Crippen molar-refractivity contribution < 1.29 is 19.4 Å². The van der Waals surface area contributed by atoms with Crippen LogP contribution >= 0.6 is 11.8 Å². The van der Waals surface area contributed by atoms with Crippen LogP contribution in [-0.2, 0) is 0 Å². The Labute approximate surface area is 129 Å². The van der Waals surface area contributed by atoms with Crippen molar-refractivity contribution in [1.29, 1.82) is 0 Å². The lowest BCUT2D eigenvalue weighted by Crippen LogP contribution is -2.02. The molecule has 2 aromatic heterocycles. The topological polar surface area (TPSA) is 112 Å². The van der Waals surface area contributed by atoms with E-state index in [9.17, 15) is 15.0 Å². The second-order valence-corrected chi connectivity index (χ2v) is 5.30. The summed E-state index contributed by atoms with van der Waals surface area (Å²) in [4.78, 5) is 16.2. The molecule has 0 aliphatic rings. The van der Waals surface area contributed by atoms with E-state index < -0.39 is 0 Å². The Bertz CT molecular complexity index is 798. The number of nitrogens with zero attached hydrogens (tertiary/aromatic N) is 2. The predicted molar refractivity (Wildman–Crippen MR) is 78.9 cm³/mol. The van der Waals surface area contributed by atoms with Crippen molar-refractivity contribution in [2.45, 2.75) is 5.16 Å². The Morgan fingerprint density at radius 2 is 2.18 bits per heavy atom. The zero-order chi connectivity index (χ0) is 15.5. The number of benzene rings is 1. The first-order valence-corrected chi connectivity index (χ1v) is 7.26. The molecule has 112 valence electrons. The number of aromatic nitrogens is 3. The minimum absolute atomic E-state index is 0.0633. The maximum absolute atomic E-state index is 12.0. The molecule has 2 heterocycles. The van der Waals surface area contributed by atoms with Crippen LogP contribution in [0.4, 0.5) is 0 Å². The molecule has 8 heteroatoms. The van der Waals surface area contributed by atoms with Crippen molar-refractivity contribution in [2.24, 2.45) is 0 Å². The Morgan fingerprint density at radius 1 is 1.32 bits per heavy atom. The van der Waals surface area contributed by atoms with E-state index in [-0.39, 0.29) is 28.6 Å². The lowest BCUT2D eigenvalue weighted by atomic mass is 10.1. The number of phenols is 2. The number of Topliss-reactive ketones (excluding diaryl/α,β-unsaturated/α-hetero) is 1. The van der Waals surface area contributed by atoms with Crippen LogP contribution in [0.1, 0.15) is 10.4 Å². The van der Waals surface area contributed by atoms with E-state index in [2.05, 4.69) is 15.2 Å². The average molecular weight is 317 g/mol. The number of hydrogen-bond acceptors (Lipinski definition) is 7. The third-order valence-electron chi connectivity index (χ3n) is 2.83. The van der Waals surface area contributed by atoms with Crippen LogP contribution < -0.4 is 0 Å². The van der Waals surface area contributed by atoms with E-state index in [1.165, 1.54) is 18.4 Å². The third kappa shape index (κ3) is 2.96. The van der Waals surface area contributed by atoms with Gasteiger partial charge in [0.25, 0.3) is 0 Å².